The highest BCUT2D eigenvalue weighted by molar-refractivity contribution is 5.91. The smallest absolute Gasteiger partial charge is 0.243 e. The number of piperidine rings is 1. The Bertz CT molecular complexity index is 459. The molecule has 1 amide bonds. The highest BCUT2D eigenvalue weighted by Crippen LogP contribution is 2.08. The Balaban J connectivity index is 1.61. The van der Waals surface area contributed by atoms with E-state index in [0.717, 1.165) is 25.1 Å². The lowest BCUT2D eigenvalue weighted by Crippen LogP contribution is -2.33. The molecule has 0 bridgehead atoms. The average molecular weight is 286 g/mol. The molecule has 0 aromatic heterocycles. The van der Waals surface area contributed by atoms with E-state index in [2.05, 4.69) is 29.3 Å². The third kappa shape index (κ3) is 6.13. The van der Waals surface area contributed by atoms with E-state index in [4.69, 9.17) is 0 Å². The lowest BCUT2D eigenvalue weighted by Gasteiger charge is -2.26. The highest BCUT2D eigenvalue weighted by Gasteiger charge is 2.08. The number of aryl methyl sites for hydroxylation is 1. The van der Waals surface area contributed by atoms with Crippen molar-refractivity contribution in [3.05, 3.63) is 41.5 Å². The van der Waals surface area contributed by atoms with Crippen LogP contribution in [0.5, 0.6) is 0 Å². The van der Waals surface area contributed by atoms with Crippen molar-refractivity contribution in [1.82, 2.24) is 10.2 Å². The molecule has 1 N–H and O–H groups in total. The first-order valence-corrected chi connectivity index (χ1v) is 7.99. The fraction of sp³-hybridized carbons (Fsp3) is 0.500. The van der Waals surface area contributed by atoms with Gasteiger partial charge in [0.15, 0.2) is 0 Å². The molecule has 1 saturated heterocycles. The molecular formula is C18H26N2O. The second-order valence-corrected chi connectivity index (χ2v) is 5.79. The SMILES string of the molecule is Cc1ccc(/C=C/C(=O)NCCCN2CCCCC2)cc1. The molecule has 1 fully saturated rings. The monoisotopic (exact) mass is 286 g/mol. The number of likely N-dealkylation sites (tertiary alicyclic amines) is 1. The number of hydrogen-bond acceptors (Lipinski definition) is 2. The Morgan fingerprint density at radius 2 is 1.90 bits per heavy atom. The molecule has 0 atom stereocenters. The van der Waals surface area contributed by atoms with E-state index in [-0.39, 0.29) is 5.91 Å². The fourth-order valence-electron chi connectivity index (χ4n) is 2.61. The van der Waals surface area contributed by atoms with Crippen molar-refractivity contribution in [2.45, 2.75) is 32.6 Å². The van der Waals surface area contributed by atoms with Gasteiger partial charge >= 0.3 is 0 Å². The van der Waals surface area contributed by atoms with Crippen molar-refractivity contribution >= 4 is 12.0 Å². The van der Waals surface area contributed by atoms with Gasteiger partial charge in [-0.3, -0.25) is 4.79 Å². The molecule has 1 aliphatic rings. The summed E-state index contributed by atoms with van der Waals surface area (Å²) in [6.45, 7) is 6.36. The highest BCUT2D eigenvalue weighted by atomic mass is 16.1. The van der Waals surface area contributed by atoms with E-state index in [1.165, 1.54) is 37.9 Å². The van der Waals surface area contributed by atoms with Crippen molar-refractivity contribution in [2.24, 2.45) is 0 Å². The Morgan fingerprint density at radius 3 is 2.62 bits per heavy atom. The van der Waals surface area contributed by atoms with Crippen LogP contribution < -0.4 is 5.32 Å². The summed E-state index contributed by atoms with van der Waals surface area (Å²) < 4.78 is 0. The van der Waals surface area contributed by atoms with Gasteiger partial charge in [0.1, 0.15) is 0 Å². The largest absolute Gasteiger partial charge is 0.353 e. The number of nitrogens with one attached hydrogen (secondary N) is 1. The van der Waals surface area contributed by atoms with Gasteiger partial charge in [0, 0.05) is 12.6 Å². The van der Waals surface area contributed by atoms with Crippen molar-refractivity contribution in [3.63, 3.8) is 0 Å². The molecule has 1 heterocycles. The summed E-state index contributed by atoms with van der Waals surface area (Å²) in [6, 6.07) is 8.15. The molecule has 0 saturated carbocycles. The first-order valence-electron chi connectivity index (χ1n) is 7.99. The van der Waals surface area contributed by atoms with Gasteiger partial charge in [-0.15, -0.1) is 0 Å². The van der Waals surface area contributed by atoms with Crippen LogP contribution in [-0.4, -0.2) is 37.0 Å². The molecule has 2 rings (SSSR count). The third-order valence-corrected chi connectivity index (χ3v) is 3.90. The lowest BCUT2D eigenvalue weighted by atomic mass is 10.1. The molecule has 1 aromatic rings. The van der Waals surface area contributed by atoms with Gasteiger partial charge in [-0.1, -0.05) is 36.2 Å². The van der Waals surface area contributed by atoms with Crippen LogP contribution >= 0.6 is 0 Å². The van der Waals surface area contributed by atoms with Crippen LogP contribution in [-0.2, 0) is 4.79 Å². The van der Waals surface area contributed by atoms with Gasteiger partial charge in [0.05, 0.1) is 0 Å². The third-order valence-electron chi connectivity index (χ3n) is 3.90. The number of carbonyl (C=O) groups excluding carboxylic acids is 1. The number of rotatable bonds is 6. The van der Waals surface area contributed by atoms with Gasteiger partial charge < -0.3 is 10.2 Å². The average Bonchev–Trinajstić information content (AvgIpc) is 2.52. The maximum Gasteiger partial charge on any atom is 0.243 e. The van der Waals surface area contributed by atoms with Crippen LogP contribution in [0.2, 0.25) is 0 Å². The van der Waals surface area contributed by atoms with Crippen LogP contribution in [0.4, 0.5) is 0 Å². The standard InChI is InChI=1S/C18H26N2O/c1-16-6-8-17(9-7-16)10-11-18(21)19-12-5-15-20-13-3-2-4-14-20/h6-11H,2-5,12-15H2,1H3,(H,19,21)/b11-10+. The molecule has 21 heavy (non-hydrogen) atoms. The summed E-state index contributed by atoms with van der Waals surface area (Å²) in [5.41, 5.74) is 2.29. The molecular weight excluding hydrogens is 260 g/mol. The summed E-state index contributed by atoms with van der Waals surface area (Å²) in [5, 5.41) is 2.95. The molecule has 0 aliphatic carbocycles. The van der Waals surface area contributed by atoms with Gasteiger partial charge in [0.25, 0.3) is 0 Å². The molecule has 3 nitrogen and oxygen atoms in total. The van der Waals surface area contributed by atoms with E-state index < -0.39 is 0 Å². The zero-order valence-corrected chi connectivity index (χ0v) is 13.0. The zero-order valence-electron chi connectivity index (χ0n) is 13.0. The minimum atomic E-state index is -0.00535. The minimum absolute atomic E-state index is 0.00535. The molecule has 114 valence electrons. The number of hydrogen-bond donors (Lipinski definition) is 1. The molecule has 0 radical (unpaired) electrons. The normalized spacial score (nSPS) is 16.2. The van der Waals surface area contributed by atoms with Crippen LogP contribution in [0.3, 0.4) is 0 Å². The van der Waals surface area contributed by atoms with Crippen molar-refractivity contribution in [2.75, 3.05) is 26.2 Å². The number of nitrogens with zero attached hydrogens (tertiary/aromatic N) is 1. The summed E-state index contributed by atoms with van der Waals surface area (Å²) in [5.74, 6) is -0.00535. The molecule has 0 unspecified atom stereocenters. The second-order valence-electron chi connectivity index (χ2n) is 5.79. The quantitative estimate of drug-likeness (QED) is 0.644. The Labute approximate surface area is 128 Å². The van der Waals surface area contributed by atoms with Crippen molar-refractivity contribution in [1.29, 1.82) is 0 Å². The van der Waals surface area contributed by atoms with Gasteiger partial charge in [0.2, 0.25) is 5.91 Å². The summed E-state index contributed by atoms with van der Waals surface area (Å²) >= 11 is 0. The topological polar surface area (TPSA) is 32.3 Å². The summed E-state index contributed by atoms with van der Waals surface area (Å²) in [7, 11) is 0. The van der Waals surface area contributed by atoms with Crippen LogP contribution in [0, 0.1) is 6.92 Å². The summed E-state index contributed by atoms with van der Waals surface area (Å²) in [4.78, 5) is 14.2. The Hall–Kier alpha value is -1.61. The first-order chi connectivity index (χ1) is 10.2. The van der Waals surface area contributed by atoms with E-state index in [9.17, 15) is 4.79 Å². The van der Waals surface area contributed by atoms with Crippen molar-refractivity contribution < 1.29 is 4.79 Å². The fourth-order valence-corrected chi connectivity index (χ4v) is 2.61. The van der Waals surface area contributed by atoms with Gasteiger partial charge in [-0.25, -0.2) is 0 Å². The predicted molar refractivity (Wildman–Crippen MR) is 88.1 cm³/mol. The van der Waals surface area contributed by atoms with Crippen LogP contribution in [0.25, 0.3) is 6.08 Å². The number of benzene rings is 1. The molecule has 1 aromatic carbocycles. The maximum atomic E-state index is 11.7. The Morgan fingerprint density at radius 1 is 1.19 bits per heavy atom. The lowest BCUT2D eigenvalue weighted by molar-refractivity contribution is -0.116. The first kappa shape index (κ1) is 15.8. The van der Waals surface area contributed by atoms with Crippen LogP contribution in [0.15, 0.2) is 30.3 Å². The van der Waals surface area contributed by atoms with E-state index in [1.54, 1.807) is 6.08 Å². The number of amides is 1. The van der Waals surface area contributed by atoms with E-state index >= 15 is 0 Å². The van der Waals surface area contributed by atoms with Crippen molar-refractivity contribution in [3.8, 4) is 0 Å². The molecule has 3 heteroatoms. The Kier molecular flexibility index (Phi) is 6.48. The maximum absolute atomic E-state index is 11.7. The van der Waals surface area contributed by atoms with Gasteiger partial charge in [-0.2, -0.15) is 0 Å². The van der Waals surface area contributed by atoms with E-state index in [0.29, 0.717) is 0 Å². The zero-order chi connectivity index (χ0) is 14.9. The second kappa shape index (κ2) is 8.63. The molecule has 1 aliphatic heterocycles. The molecule has 0 spiro atoms. The summed E-state index contributed by atoms with van der Waals surface area (Å²) in [6.07, 6.45) is 8.53. The number of carbonyl (C=O) groups is 1. The van der Waals surface area contributed by atoms with E-state index in [1.807, 2.05) is 18.2 Å². The predicted octanol–water partition coefficient (Wildman–Crippen LogP) is 3.00. The van der Waals surface area contributed by atoms with Gasteiger partial charge in [-0.05, 0) is 57.5 Å². The van der Waals surface area contributed by atoms with Crippen LogP contribution in [0.1, 0.15) is 36.8 Å². The minimum Gasteiger partial charge on any atom is -0.353 e.